The van der Waals surface area contributed by atoms with E-state index < -0.39 is 0 Å². The Morgan fingerprint density at radius 2 is 2.03 bits per heavy atom. The highest BCUT2D eigenvalue weighted by Crippen LogP contribution is 2.31. The van der Waals surface area contributed by atoms with Gasteiger partial charge >= 0.3 is 0 Å². The zero-order valence-electron chi connectivity index (χ0n) is 18.1. The average molecular weight is 425 g/mol. The fourth-order valence-electron chi connectivity index (χ4n) is 3.97. The number of hydrogen-bond donors (Lipinski definition) is 1. The summed E-state index contributed by atoms with van der Waals surface area (Å²) < 4.78 is 8.11. The molecular formula is C25H24N6O. The molecular weight excluding hydrogens is 400 g/mol. The lowest BCUT2D eigenvalue weighted by Gasteiger charge is -2.16. The largest absolute Gasteiger partial charge is 0.489 e. The van der Waals surface area contributed by atoms with Crippen LogP contribution >= 0.6 is 0 Å². The predicted molar refractivity (Wildman–Crippen MR) is 126 cm³/mol. The van der Waals surface area contributed by atoms with E-state index in [9.17, 15) is 0 Å². The molecule has 160 valence electrons. The van der Waals surface area contributed by atoms with Gasteiger partial charge in [0.05, 0.1) is 11.7 Å². The van der Waals surface area contributed by atoms with Crippen LogP contribution in [0.15, 0.2) is 55.0 Å². The molecule has 1 saturated heterocycles. The van der Waals surface area contributed by atoms with Gasteiger partial charge in [0.1, 0.15) is 11.9 Å². The molecule has 1 aliphatic heterocycles. The van der Waals surface area contributed by atoms with Crippen LogP contribution < -0.4 is 10.1 Å². The molecule has 2 aromatic carbocycles. The second-order valence-electron chi connectivity index (χ2n) is 8.18. The molecule has 32 heavy (non-hydrogen) atoms. The standard InChI is InChI=1S/C25H24N6O/c1-4-17-5-6-24-19(9-17)13-26-25(29-24)28-21-10-18(20-14-27-31(3)15-20)11-23(12-21)32-22-7-8-30(2)16-22/h1,5-6,9-15,22H,7-8,16H2,2-3H3,(H,26,28,29). The Hall–Kier alpha value is -3.89. The van der Waals surface area contributed by atoms with Gasteiger partial charge in [0.15, 0.2) is 0 Å². The number of nitrogens with zero attached hydrogens (tertiary/aromatic N) is 5. The van der Waals surface area contributed by atoms with E-state index in [4.69, 9.17) is 11.2 Å². The van der Waals surface area contributed by atoms with Gasteiger partial charge in [-0.2, -0.15) is 5.10 Å². The molecule has 5 rings (SSSR count). The third kappa shape index (κ3) is 4.27. The number of nitrogens with one attached hydrogen (secondary N) is 1. The smallest absolute Gasteiger partial charge is 0.227 e. The number of ether oxygens (including phenoxy) is 1. The Kier molecular flexibility index (Phi) is 5.21. The topological polar surface area (TPSA) is 68.1 Å². The molecule has 1 N–H and O–H groups in total. The van der Waals surface area contributed by atoms with Gasteiger partial charge in [-0.15, -0.1) is 6.42 Å². The lowest BCUT2D eigenvalue weighted by atomic mass is 10.1. The first kappa shape index (κ1) is 20.0. The summed E-state index contributed by atoms with van der Waals surface area (Å²) in [6.45, 7) is 1.97. The van der Waals surface area contributed by atoms with Crippen LogP contribution in [-0.2, 0) is 7.05 Å². The van der Waals surface area contributed by atoms with Gasteiger partial charge < -0.3 is 15.0 Å². The number of fused-ring (bicyclic) bond motifs is 1. The lowest BCUT2D eigenvalue weighted by molar-refractivity contribution is 0.208. The fraction of sp³-hybridized carbons (Fsp3) is 0.240. The zero-order valence-corrected chi connectivity index (χ0v) is 18.1. The Morgan fingerprint density at radius 1 is 1.12 bits per heavy atom. The number of anilines is 2. The second kappa shape index (κ2) is 8.33. The van der Waals surface area contributed by atoms with Crippen molar-refractivity contribution >= 4 is 22.5 Å². The molecule has 1 atom stereocenters. The molecule has 0 radical (unpaired) electrons. The van der Waals surface area contributed by atoms with E-state index >= 15 is 0 Å². The Bertz CT molecular complexity index is 1320. The predicted octanol–water partition coefficient (Wildman–Crippen LogP) is 3.84. The molecule has 0 bridgehead atoms. The highest BCUT2D eigenvalue weighted by atomic mass is 16.5. The summed E-state index contributed by atoms with van der Waals surface area (Å²) >= 11 is 0. The first-order valence-corrected chi connectivity index (χ1v) is 10.6. The van der Waals surface area contributed by atoms with E-state index in [1.165, 1.54) is 0 Å². The van der Waals surface area contributed by atoms with Gasteiger partial charge in [-0.25, -0.2) is 9.97 Å². The van der Waals surface area contributed by atoms with Crippen LogP contribution in [0.1, 0.15) is 12.0 Å². The summed E-state index contributed by atoms with van der Waals surface area (Å²) in [6.07, 6.45) is 12.3. The van der Waals surface area contributed by atoms with Crippen molar-refractivity contribution in [2.75, 3.05) is 25.5 Å². The number of rotatable bonds is 5. The molecule has 1 unspecified atom stereocenters. The summed E-state index contributed by atoms with van der Waals surface area (Å²) in [4.78, 5) is 11.4. The van der Waals surface area contributed by atoms with E-state index in [2.05, 4.69) is 50.4 Å². The van der Waals surface area contributed by atoms with Crippen molar-refractivity contribution in [2.24, 2.45) is 7.05 Å². The van der Waals surface area contributed by atoms with Crippen molar-refractivity contribution in [3.05, 3.63) is 60.6 Å². The van der Waals surface area contributed by atoms with E-state index in [0.29, 0.717) is 5.95 Å². The fourth-order valence-corrected chi connectivity index (χ4v) is 3.97. The number of aromatic nitrogens is 4. The molecule has 0 saturated carbocycles. The summed E-state index contributed by atoms with van der Waals surface area (Å²) in [5.74, 6) is 3.97. The normalized spacial score (nSPS) is 16.2. The molecule has 2 aromatic heterocycles. The quantitative estimate of drug-likeness (QED) is 0.491. The number of aryl methyl sites for hydroxylation is 1. The van der Waals surface area contributed by atoms with Crippen LogP contribution in [0.4, 0.5) is 11.6 Å². The summed E-state index contributed by atoms with van der Waals surface area (Å²) in [6, 6.07) is 11.8. The van der Waals surface area contributed by atoms with Crippen LogP contribution in [-0.4, -0.2) is 50.9 Å². The van der Waals surface area contributed by atoms with Crippen LogP contribution in [0.5, 0.6) is 5.75 Å². The van der Waals surface area contributed by atoms with Crippen molar-refractivity contribution in [3.8, 4) is 29.2 Å². The van der Waals surface area contributed by atoms with E-state index in [1.807, 2.05) is 43.7 Å². The molecule has 0 amide bonds. The Balaban J connectivity index is 1.47. The van der Waals surface area contributed by atoms with Crippen LogP contribution in [0, 0.1) is 12.3 Å². The van der Waals surface area contributed by atoms with Crippen molar-refractivity contribution in [1.29, 1.82) is 0 Å². The van der Waals surface area contributed by atoms with Gasteiger partial charge in [0.25, 0.3) is 0 Å². The van der Waals surface area contributed by atoms with E-state index in [1.54, 1.807) is 10.9 Å². The lowest BCUT2D eigenvalue weighted by Crippen LogP contribution is -2.21. The molecule has 7 nitrogen and oxygen atoms in total. The van der Waals surface area contributed by atoms with E-state index in [-0.39, 0.29) is 6.10 Å². The minimum Gasteiger partial charge on any atom is -0.489 e. The molecule has 1 aliphatic rings. The molecule has 7 heteroatoms. The number of likely N-dealkylation sites (tertiary alicyclic amines) is 1. The first-order valence-electron chi connectivity index (χ1n) is 10.6. The maximum Gasteiger partial charge on any atom is 0.227 e. The third-order valence-electron chi connectivity index (χ3n) is 5.60. The average Bonchev–Trinajstić information content (AvgIpc) is 3.41. The van der Waals surface area contributed by atoms with Gasteiger partial charge in [-0.3, -0.25) is 4.68 Å². The summed E-state index contributed by atoms with van der Waals surface area (Å²) in [7, 11) is 4.03. The van der Waals surface area contributed by atoms with Gasteiger partial charge in [-0.1, -0.05) is 5.92 Å². The number of hydrogen-bond acceptors (Lipinski definition) is 6. The summed E-state index contributed by atoms with van der Waals surface area (Å²) in [5.41, 5.74) is 4.53. The Morgan fingerprint density at radius 3 is 2.78 bits per heavy atom. The van der Waals surface area contributed by atoms with Crippen molar-refractivity contribution < 1.29 is 4.74 Å². The minimum absolute atomic E-state index is 0.180. The van der Waals surface area contributed by atoms with Gasteiger partial charge in [0, 0.05) is 60.8 Å². The molecule has 4 aromatic rings. The molecule has 0 aliphatic carbocycles. The second-order valence-corrected chi connectivity index (χ2v) is 8.18. The minimum atomic E-state index is 0.180. The number of likely N-dealkylation sites (N-methyl/N-ethyl adjacent to an activating group) is 1. The van der Waals surface area contributed by atoms with Crippen molar-refractivity contribution in [3.63, 3.8) is 0 Å². The van der Waals surface area contributed by atoms with Crippen molar-refractivity contribution in [1.82, 2.24) is 24.6 Å². The SMILES string of the molecule is C#Cc1ccc2nc(Nc3cc(OC4CCN(C)C4)cc(-c4cnn(C)c4)c3)ncc2c1. The number of terminal acetylenes is 1. The Labute approximate surface area is 187 Å². The highest BCUT2D eigenvalue weighted by molar-refractivity contribution is 5.81. The first-order chi connectivity index (χ1) is 15.6. The van der Waals surface area contributed by atoms with Gasteiger partial charge in [-0.05, 0) is 49.4 Å². The maximum atomic E-state index is 6.32. The zero-order chi connectivity index (χ0) is 22.1. The highest BCUT2D eigenvalue weighted by Gasteiger charge is 2.21. The third-order valence-corrected chi connectivity index (χ3v) is 5.60. The van der Waals surface area contributed by atoms with Crippen LogP contribution in [0.2, 0.25) is 0 Å². The number of benzene rings is 2. The molecule has 3 heterocycles. The van der Waals surface area contributed by atoms with E-state index in [0.717, 1.165) is 58.5 Å². The maximum absolute atomic E-state index is 6.32. The van der Waals surface area contributed by atoms with Crippen LogP contribution in [0.25, 0.3) is 22.0 Å². The molecule has 0 spiro atoms. The van der Waals surface area contributed by atoms with Gasteiger partial charge in [0.2, 0.25) is 5.95 Å². The van der Waals surface area contributed by atoms with Crippen molar-refractivity contribution in [2.45, 2.75) is 12.5 Å². The van der Waals surface area contributed by atoms with Crippen LogP contribution in [0.3, 0.4) is 0 Å². The monoisotopic (exact) mass is 424 g/mol. The summed E-state index contributed by atoms with van der Waals surface area (Å²) in [5, 5.41) is 8.55. The molecule has 1 fully saturated rings.